The van der Waals surface area contributed by atoms with Gasteiger partial charge in [0.15, 0.2) is 0 Å². The number of carboxylic acids is 1. The number of hydrogen-bond acceptors (Lipinski definition) is 9. The third-order valence-electron chi connectivity index (χ3n) is 3.25. The molecule has 0 aromatic carbocycles. The van der Waals surface area contributed by atoms with Crippen molar-refractivity contribution in [1.29, 1.82) is 0 Å². The van der Waals surface area contributed by atoms with E-state index in [1.165, 1.54) is 0 Å². The third-order valence-corrected chi connectivity index (χ3v) is 9.88. The van der Waals surface area contributed by atoms with Crippen LogP contribution in [0, 0.1) is 0 Å². The average molecular weight is 457 g/mol. The number of aliphatic carboxylic acids is 1. The van der Waals surface area contributed by atoms with Crippen LogP contribution in [0.5, 0.6) is 0 Å². The Morgan fingerprint density at radius 3 is 1.70 bits per heavy atom. The standard InChI is InChI=1S/C10H22NO13P3/c1-5-6-7-24-9(14)11(27(19,20)23-4)10(8(12)13,25(15,16)21-2)26(17,18)22-3/h5-7H2,1-4H3,(H,12,13)(H,15,16)(H,17,18)(H,19,20). The van der Waals surface area contributed by atoms with E-state index >= 15 is 0 Å². The molecule has 0 aliphatic heterocycles. The van der Waals surface area contributed by atoms with Crippen molar-refractivity contribution < 1.29 is 61.4 Å². The van der Waals surface area contributed by atoms with Crippen molar-refractivity contribution in [3.8, 4) is 0 Å². The molecule has 3 atom stereocenters. The Labute approximate surface area is 154 Å². The molecule has 27 heavy (non-hydrogen) atoms. The largest absolute Gasteiger partial charge is 0.478 e. The van der Waals surface area contributed by atoms with Gasteiger partial charge >= 0.3 is 40.0 Å². The Hall–Kier alpha value is -0.810. The number of nitrogens with zero attached hydrogens (tertiary/aromatic N) is 1. The predicted octanol–water partition coefficient (Wildman–Crippen LogP) is 1.37. The summed E-state index contributed by atoms with van der Waals surface area (Å²) in [5.41, 5.74) is 0. The number of rotatable bonds is 11. The molecule has 0 aliphatic carbocycles. The van der Waals surface area contributed by atoms with Gasteiger partial charge < -0.3 is 33.6 Å². The number of hydrogen-bond donors (Lipinski definition) is 4. The van der Waals surface area contributed by atoms with E-state index in [0.29, 0.717) is 27.8 Å². The van der Waals surface area contributed by atoms with E-state index in [-0.39, 0.29) is 6.42 Å². The lowest BCUT2D eigenvalue weighted by molar-refractivity contribution is -0.141. The number of carboxylic acid groups (broad SMARTS) is 1. The first-order valence-corrected chi connectivity index (χ1v) is 11.8. The molecule has 0 fully saturated rings. The molecule has 17 heteroatoms. The molecule has 0 bridgehead atoms. The number of carbonyl (C=O) groups excluding carboxylic acids is 1. The minimum absolute atomic E-state index is 0.227. The molecule has 1 amide bonds. The molecule has 3 unspecified atom stereocenters. The number of unbranched alkanes of at least 4 members (excludes halogenated alkanes) is 1. The van der Waals surface area contributed by atoms with Gasteiger partial charge in [-0.3, -0.25) is 13.7 Å². The van der Waals surface area contributed by atoms with Gasteiger partial charge in [-0.2, -0.15) is 4.67 Å². The maximum atomic E-state index is 12.5. The van der Waals surface area contributed by atoms with Crippen LogP contribution < -0.4 is 0 Å². The molecule has 160 valence electrons. The summed E-state index contributed by atoms with van der Waals surface area (Å²) < 4.78 is 53.5. The molecule has 0 rings (SSSR count). The van der Waals surface area contributed by atoms with Gasteiger partial charge in [-0.05, 0) is 6.42 Å². The fourth-order valence-corrected chi connectivity index (χ4v) is 7.46. The van der Waals surface area contributed by atoms with E-state index in [1.54, 1.807) is 6.92 Å². The van der Waals surface area contributed by atoms with Crippen molar-refractivity contribution in [3.05, 3.63) is 0 Å². The summed E-state index contributed by atoms with van der Waals surface area (Å²) in [7, 11) is -15.9. The lowest BCUT2D eigenvalue weighted by atomic mass is 10.4. The van der Waals surface area contributed by atoms with E-state index in [4.69, 9.17) is 0 Å². The highest BCUT2D eigenvalue weighted by Gasteiger charge is 2.78. The quantitative estimate of drug-likeness (QED) is 0.256. The van der Waals surface area contributed by atoms with Gasteiger partial charge in [0.2, 0.25) is 0 Å². The molecule has 0 saturated heterocycles. The van der Waals surface area contributed by atoms with Gasteiger partial charge in [-0.1, -0.05) is 13.3 Å². The highest BCUT2D eigenvalue weighted by atomic mass is 31.2. The van der Waals surface area contributed by atoms with Gasteiger partial charge in [0, 0.05) is 21.3 Å². The fourth-order valence-electron chi connectivity index (χ4n) is 1.84. The molecule has 0 aromatic heterocycles. The summed E-state index contributed by atoms with van der Waals surface area (Å²) in [4.78, 5) is 54.2. The second-order valence-corrected chi connectivity index (χ2v) is 11.0. The minimum Gasteiger partial charge on any atom is -0.478 e. The van der Waals surface area contributed by atoms with Crippen LogP contribution in [0.3, 0.4) is 0 Å². The first kappa shape index (κ1) is 26.2. The SMILES string of the molecule is CCCCOC(=O)N(C(C(=O)O)(P(=O)(O)OC)P(=O)(O)OC)P(=O)(O)OC. The second-order valence-electron chi connectivity index (χ2n) is 4.80. The number of carbonyl (C=O) groups is 2. The molecule has 0 aromatic rings. The second kappa shape index (κ2) is 9.60. The molecular formula is C10H22NO13P3. The van der Waals surface area contributed by atoms with Crippen LogP contribution in [0.2, 0.25) is 0 Å². The Morgan fingerprint density at radius 2 is 1.41 bits per heavy atom. The summed E-state index contributed by atoms with van der Waals surface area (Å²) in [5, 5.41) is 5.27. The van der Waals surface area contributed by atoms with Crippen molar-refractivity contribution in [1.82, 2.24) is 4.67 Å². The molecule has 0 radical (unpaired) electrons. The van der Waals surface area contributed by atoms with Gasteiger partial charge in [-0.15, -0.1) is 0 Å². The molecule has 0 heterocycles. The minimum atomic E-state index is -5.89. The topological polar surface area (TPSA) is 206 Å². The van der Waals surface area contributed by atoms with Gasteiger partial charge in [0.05, 0.1) is 6.61 Å². The van der Waals surface area contributed by atoms with Crippen molar-refractivity contribution in [3.63, 3.8) is 0 Å². The van der Waals surface area contributed by atoms with Gasteiger partial charge in [0.1, 0.15) is 0 Å². The molecule has 0 saturated carbocycles. The highest BCUT2D eigenvalue weighted by molar-refractivity contribution is 7.76. The molecule has 14 nitrogen and oxygen atoms in total. The van der Waals surface area contributed by atoms with E-state index in [0.717, 1.165) is 0 Å². The third kappa shape index (κ3) is 4.79. The van der Waals surface area contributed by atoms with Gasteiger partial charge in [0.25, 0.3) is 0 Å². The first-order chi connectivity index (χ1) is 12.2. The van der Waals surface area contributed by atoms with Crippen LogP contribution in [-0.2, 0) is 36.8 Å². The smallest absolute Gasteiger partial charge is 0.439 e. The zero-order chi connectivity index (χ0) is 21.7. The molecule has 4 N–H and O–H groups in total. The monoisotopic (exact) mass is 457 g/mol. The van der Waals surface area contributed by atoms with Gasteiger partial charge in [-0.25, -0.2) is 14.2 Å². The zero-order valence-electron chi connectivity index (χ0n) is 14.9. The maximum Gasteiger partial charge on any atom is 0.439 e. The van der Waals surface area contributed by atoms with Crippen molar-refractivity contribution in [2.75, 3.05) is 27.9 Å². The van der Waals surface area contributed by atoms with Crippen LogP contribution >= 0.6 is 22.9 Å². The number of amides is 1. The first-order valence-electron chi connectivity index (χ1n) is 7.10. The summed E-state index contributed by atoms with van der Waals surface area (Å²) in [5.74, 6) is -2.65. The van der Waals surface area contributed by atoms with Crippen molar-refractivity contribution >= 4 is 35.0 Å². The van der Waals surface area contributed by atoms with Crippen LogP contribution in [0.4, 0.5) is 4.79 Å². The molecular weight excluding hydrogens is 435 g/mol. The Bertz CT molecular complexity index is 670. The zero-order valence-corrected chi connectivity index (χ0v) is 17.6. The lowest BCUT2D eigenvalue weighted by Gasteiger charge is -2.41. The Kier molecular flexibility index (Phi) is 9.31. The predicted molar refractivity (Wildman–Crippen MR) is 89.0 cm³/mol. The summed E-state index contributed by atoms with van der Waals surface area (Å²) >= 11 is 0. The van der Waals surface area contributed by atoms with Crippen LogP contribution in [0.1, 0.15) is 19.8 Å². The summed E-state index contributed by atoms with van der Waals surface area (Å²) in [6.45, 7) is 1.29. The van der Waals surface area contributed by atoms with E-state index < -0.39 is 51.3 Å². The van der Waals surface area contributed by atoms with E-state index in [9.17, 15) is 43.1 Å². The van der Waals surface area contributed by atoms with Crippen LogP contribution in [0.25, 0.3) is 0 Å². The maximum absolute atomic E-state index is 12.5. The normalized spacial score (nSPS) is 20.4. The molecule has 0 aliphatic rings. The lowest BCUT2D eigenvalue weighted by Crippen LogP contribution is -2.55. The highest BCUT2D eigenvalue weighted by Crippen LogP contribution is 2.78. The average Bonchev–Trinajstić information content (AvgIpc) is 2.58. The fraction of sp³-hybridized carbons (Fsp3) is 0.800. The summed E-state index contributed by atoms with van der Waals surface area (Å²) in [6.07, 6.45) is -1.27. The Morgan fingerprint density at radius 1 is 0.963 bits per heavy atom. The van der Waals surface area contributed by atoms with E-state index in [2.05, 4.69) is 18.3 Å². The Balaban J connectivity index is 7.04. The molecule has 0 spiro atoms. The van der Waals surface area contributed by atoms with Crippen molar-refractivity contribution in [2.24, 2.45) is 0 Å². The number of ether oxygens (including phenoxy) is 1. The van der Waals surface area contributed by atoms with E-state index in [1.807, 2.05) is 0 Å². The van der Waals surface area contributed by atoms with Crippen LogP contribution in [-0.4, -0.2) is 69.5 Å². The van der Waals surface area contributed by atoms with Crippen LogP contribution in [0.15, 0.2) is 0 Å². The summed E-state index contributed by atoms with van der Waals surface area (Å²) in [6, 6.07) is 0. The van der Waals surface area contributed by atoms with Crippen molar-refractivity contribution in [2.45, 2.75) is 24.8 Å².